The molecule has 0 bridgehead atoms. The molecule has 1 amide bonds. The van der Waals surface area contributed by atoms with E-state index < -0.39 is 27.8 Å². The molecule has 1 unspecified atom stereocenters. The van der Waals surface area contributed by atoms with Crippen molar-refractivity contribution in [1.82, 2.24) is 0 Å². The monoisotopic (exact) mass is 392 g/mol. The van der Waals surface area contributed by atoms with Gasteiger partial charge in [-0.05, 0) is 43.3 Å². The molecule has 0 aliphatic heterocycles. The zero-order chi connectivity index (χ0) is 20.0. The third-order valence-electron chi connectivity index (χ3n) is 3.67. The molecule has 1 atom stereocenters. The Morgan fingerprint density at radius 2 is 1.89 bits per heavy atom. The van der Waals surface area contributed by atoms with Gasteiger partial charge in [-0.15, -0.1) is 0 Å². The van der Waals surface area contributed by atoms with Crippen molar-refractivity contribution in [3.8, 4) is 5.75 Å². The Morgan fingerprint density at radius 1 is 1.26 bits per heavy atom. The number of halogens is 1. The number of amides is 1. The molecule has 0 fully saturated rings. The van der Waals surface area contributed by atoms with Gasteiger partial charge in [0.15, 0.2) is 0 Å². The van der Waals surface area contributed by atoms with Crippen LogP contribution in [0.4, 0.5) is 15.8 Å². The highest BCUT2D eigenvalue weighted by Gasteiger charge is 2.30. The second-order valence-corrected chi connectivity index (χ2v) is 7.66. The SMILES string of the molecule is C=CCOc1ccc(NC(=O)C(C)N(c2ccccc2F)S(C)(=O)=O)cc1. The minimum Gasteiger partial charge on any atom is -0.490 e. The van der Waals surface area contributed by atoms with Crippen LogP contribution in [-0.2, 0) is 14.8 Å². The van der Waals surface area contributed by atoms with E-state index in [1.54, 1.807) is 30.3 Å². The van der Waals surface area contributed by atoms with E-state index in [1.807, 2.05) is 0 Å². The van der Waals surface area contributed by atoms with Crippen LogP contribution in [0.5, 0.6) is 5.75 Å². The molecule has 0 radical (unpaired) electrons. The van der Waals surface area contributed by atoms with Gasteiger partial charge >= 0.3 is 0 Å². The van der Waals surface area contributed by atoms with E-state index in [9.17, 15) is 17.6 Å². The summed E-state index contributed by atoms with van der Waals surface area (Å²) in [5, 5.41) is 2.62. The number of hydrogen-bond donors (Lipinski definition) is 1. The number of nitrogens with zero attached hydrogens (tertiary/aromatic N) is 1. The highest BCUT2D eigenvalue weighted by molar-refractivity contribution is 7.92. The fourth-order valence-corrected chi connectivity index (χ4v) is 3.62. The van der Waals surface area contributed by atoms with Gasteiger partial charge in [-0.1, -0.05) is 24.8 Å². The molecule has 2 rings (SSSR count). The quantitative estimate of drug-likeness (QED) is 0.700. The first kappa shape index (κ1) is 20.4. The fraction of sp³-hybridized carbons (Fsp3) is 0.211. The number of carbonyl (C=O) groups is 1. The molecule has 0 aliphatic rings. The molecule has 0 aliphatic carbocycles. The lowest BCUT2D eigenvalue weighted by atomic mass is 10.2. The maximum absolute atomic E-state index is 14.1. The summed E-state index contributed by atoms with van der Waals surface area (Å²) < 4.78 is 44.6. The van der Waals surface area contributed by atoms with Gasteiger partial charge in [0.2, 0.25) is 15.9 Å². The summed E-state index contributed by atoms with van der Waals surface area (Å²) in [5.41, 5.74) is 0.274. The van der Waals surface area contributed by atoms with Crippen molar-refractivity contribution in [3.63, 3.8) is 0 Å². The molecule has 1 N–H and O–H groups in total. The highest BCUT2D eigenvalue weighted by atomic mass is 32.2. The number of anilines is 2. The Bertz CT molecular complexity index is 914. The summed E-state index contributed by atoms with van der Waals surface area (Å²) in [6, 6.07) is 10.8. The average molecular weight is 392 g/mol. The smallest absolute Gasteiger partial charge is 0.247 e. The Balaban J connectivity index is 2.20. The Kier molecular flexibility index (Phi) is 6.57. The third kappa shape index (κ3) is 5.30. The van der Waals surface area contributed by atoms with Crippen LogP contribution < -0.4 is 14.4 Å². The third-order valence-corrected chi connectivity index (χ3v) is 4.90. The second kappa shape index (κ2) is 8.68. The van der Waals surface area contributed by atoms with Gasteiger partial charge in [-0.2, -0.15) is 0 Å². The second-order valence-electron chi connectivity index (χ2n) is 5.80. The van der Waals surface area contributed by atoms with Crippen molar-refractivity contribution in [2.24, 2.45) is 0 Å². The highest BCUT2D eigenvalue weighted by Crippen LogP contribution is 2.25. The molecule has 6 nitrogen and oxygen atoms in total. The average Bonchev–Trinajstić information content (AvgIpc) is 2.61. The van der Waals surface area contributed by atoms with Gasteiger partial charge in [0.05, 0.1) is 11.9 Å². The van der Waals surface area contributed by atoms with E-state index >= 15 is 0 Å². The van der Waals surface area contributed by atoms with Crippen molar-refractivity contribution >= 4 is 27.3 Å². The summed E-state index contributed by atoms with van der Waals surface area (Å²) in [6.07, 6.45) is 2.54. The molecule has 27 heavy (non-hydrogen) atoms. The molecule has 0 spiro atoms. The minimum absolute atomic E-state index is 0.184. The standard InChI is InChI=1S/C19H21FN2O4S/c1-4-13-26-16-11-9-15(10-12-16)21-19(23)14(2)22(27(3,24)25)18-8-6-5-7-17(18)20/h4-12,14H,1,13H2,2-3H3,(H,21,23). The van der Waals surface area contributed by atoms with E-state index in [0.29, 0.717) is 18.0 Å². The number of para-hydroxylation sites is 1. The van der Waals surface area contributed by atoms with Crippen LogP contribution in [0.3, 0.4) is 0 Å². The fourth-order valence-electron chi connectivity index (χ4n) is 2.45. The lowest BCUT2D eigenvalue weighted by Crippen LogP contribution is -2.45. The first-order valence-corrected chi connectivity index (χ1v) is 9.97. The van der Waals surface area contributed by atoms with Crippen LogP contribution in [0.1, 0.15) is 6.92 Å². The van der Waals surface area contributed by atoms with Crippen LogP contribution in [-0.4, -0.2) is 33.2 Å². The van der Waals surface area contributed by atoms with E-state index in [-0.39, 0.29) is 5.69 Å². The van der Waals surface area contributed by atoms with Crippen molar-refractivity contribution < 1.29 is 22.3 Å². The number of benzene rings is 2. The molecule has 0 saturated carbocycles. The van der Waals surface area contributed by atoms with Gasteiger partial charge in [0.25, 0.3) is 0 Å². The van der Waals surface area contributed by atoms with Crippen molar-refractivity contribution in [1.29, 1.82) is 0 Å². The molecule has 0 aromatic heterocycles. The van der Waals surface area contributed by atoms with Crippen LogP contribution >= 0.6 is 0 Å². The summed E-state index contributed by atoms with van der Waals surface area (Å²) in [7, 11) is -3.89. The molecule has 0 heterocycles. The van der Waals surface area contributed by atoms with Gasteiger partial charge in [0.1, 0.15) is 24.2 Å². The summed E-state index contributed by atoms with van der Waals surface area (Å²) in [4.78, 5) is 12.6. The van der Waals surface area contributed by atoms with E-state index in [4.69, 9.17) is 4.74 Å². The molecule has 0 saturated heterocycles. The van der Waals surface area contributed by atoms with Crippen molar-refractivity contribution in [2.45, 2.75) is 13.0 Å². The maximum Gasteiger partial charge on any atom is 0.247 e. The van der Waals surface area contributed by atoms with Gasteiger partial charge in [-0.3, -0.25) is 9.10 Å². The van der Waals surface area contributed by atoms with Gasteiger partial charge in [0, 0.05) is 5.69 Å². The van der Waals surface area contributed by atoms with Crippen LogP contribution in [0.15, 0.2) is 61.2 Å². The predicted octanol–water partition coefficient (Wildman–Crippen LogP) is 3.18. The molecule has 2 aromatic rings. The van der Waals surface area contributed by atoms with Crippen LogP contribution in [0.2, 0.25) is 0 Å². The largest absolute Gasteiger partial charge is 0.490 e. The van der Waals surface area contributed by atoms with Crippen molar-refractivity contribution in [2.75, 3.05) is 22.5 Å². The van der Waals surface area contributed by atoms with E-state index in [0.717, 1.165) is 16.6 Å². The summed E-state index contributed by atoms with van der Waals surface area (Å²) >= 11 is 0. The Labute approximate surface area is 158 Å². The molecule has 144 valence electrons. The van der Waals surface area contributed by atoms with E-state index in [1.165, 1.54) is 25.1 Å². The summed E-state index contributed by atoms with van der Waals surface area (Å²) in [6.45, 7) is 5.31. The van der Waals surface area contributed by atoms with E-state index in [2.05, 4.69) is 11.9 Å². The predicted molar refractivity (Wildman–Crippen MR) is 104 cm³/mol. The number of rotatable bonds is 8. The minimum atomic E-state index is -3.89. The topological polar surface area (TPSA) is 75.7 Å². The molecular formula is C19H21FN2O4S. The molecular weight excluding hydrogens is 371 g/mol. The number of nitrogens with one attached hydrogen (secondary N) is 1. The number of hydrogen-bond acceptors (Lipinski definition) is 4. The zero-order valence-corrected chi connectivity index (χ0v) is 15.9. The zero-order valence-electron chi connectivity index (χ0n) is 15.1. The van der Waals surface area contributed by atoms with Crippen LogP contribution in [0, 0.1) is 5.82 Å². The Morgan fingerprint density at radius 3 is 2.44 bits per heavy atom. The summed E-state index contributed by atoms with van der Waals surface area (Å²) in [5.74, 6) is -0.722. The molecule has 2 aromatic carbocycles. The van der Waals surface area contributed by atoms with Gasteiger partial charge in [-0.25, -0.2) is 12.8 Å². The van der Waals surface area contributed by atoms with Crippen LogP contribution in [0.25, 0.3) is 0 Å². The number of ether oxygens (including phenoxy) is 1. The first-order valence-electron chi connectivity index (χ1n) is 8.12. The molecule has 8 heteroatoms. The Hall–Kier alpha value is -2.87. The number of carbonyl (C=O) groups excluding carboxylic acids is 1. The van der Waals surface area contributed by atoms with Gasteiger partial charge < -0.3 is 10.1 Å². The first-order chi connectivity index (χ1) is 12.7. The van der Waals surface area contributed by atoms with Crippen molar-refractivity contribution in [3.05, 3.63) is 67.0 Å². The lowest BCUT2D eigenvalue weighted by molar-refractivity contribution is -0.116. The maximum atomic E-state index is 14.1. The number of sulfonamides is 1. The normalized spacial score (nSPS) is 12.1. The lowest BCUT2D eigenvalue weighted by Gasteiger charge is -2.28.